The lowest BCUT2D eigenvalue weighted by Crippen LogP contribution is -2.45. The van der Waals surface area contributed by atoms with Crippen molar-refractivity contribution in [3.05, 3.63) is 36.5 Å². The van der Waals surface area contributed by atoms with Gasteiger partial charge in [-0.25, -0.2) is 4.39 Å². The molecule has 0 spiro atoms. The number of nitrogens with zero attached hydrogens (tertiary/aromatic N) is 4. The van der Waals surface area contributed by atoms with Crippen LogP contribution >= 0.6 is 0 Å². The lowest BCUT2D eigenvalue weighted by atomic mass is 10.1. The zero-order valence-corrected chi connectivity index (χ0v) is 17.2. The summed E-state index contributed by atoms with van der Waals surface area (Å²) >= 11 is 0. The molecule has 1 aliphatic rings. The summed E-state index contributed by atoms with van der Waals surface area (Å²) in [7, 11) is 1.80. The predicted molar refractivity (Wildman–Crippen MR) is 106 cm³/mol. The predicted octanol–water partition coefficient (Wildman–Crippen LogP) is 4.35. The van der Waals surface area contributed by atoms with E-state index < -0.39 is 30.6 Å². The first kappa shape index (κ1) is 23.0. The minimum absolute atomic E-state index is 0.00574. The smallest absolute Gasteiger partial charge is 0.434 e. The van der Waals surface area contributed by atoms with Crippen LogP contribution in [0.25, 0.3) is 16.8 Å². The third-order valence-electron chi connectivity index (χ3n) is 5.04. The number of benzene rings is 1. The fraction of sp³-hybridized carbons (Fsp3) is 0.400. The van der Waals surface area contributed by atoms with Gasteiger partial charge in [-0.3, -0.25) is 4.40 Å². The Morgan fingerprint density at radius 2 is 1.94 bits per heavy atom. The van der Waals surface area contributed by atoms with Crippen LogP contribution in [0, 0.1) is 0 Å². The monoisotopic (exact) mass is 475 g/mol. The molecule has 0 bridgehead atoms. The zero-order valence-electron chi connectivity index (χ0n) is 17.2. The first-order valence-electron chi connectivity index (χ1n) is 9.87. The highest BCUT2D eigenvalue weighted by atomic mass is 19.4. The summed E-state index contributed by atoms with van der Waals surface area (Å²) < 4.78 is 87.3. The highest BCUT2D eigenvalue weighted by molar-refractivity contribution is 5.81. The minimum Gasteiger partial charge on any atom is -0.434 e. The Morgan fingerprint density at radius 3 is 2.64 bits per heavy atom. The number of rotatable bonds is 6. The van der Waals surface area contributed by atoms with Crippen molar-refractivity contribution >= 4 is 11.5 Å². The van der Waals surface area contributed by atoms with Gasteiger partial charge in [0.15, 0.2) is 0 Å². The Morgan fingerprint density at radius 1 is 1.15 bits per heavy atom. The normalized spacial score (nSPS) is 19.8. The number of fused-ring (bicyclic) bond motifs is 1. The maximum atomic E-state index is 13.9. The lowest BCUT2D eigenvalue weighted by molar-refractivity contribution is -0.274. The summed E-state index contributed by atoms with van der Waals surface area (Å²) in [4.78, 5) is 1.85. The molecule has 0 amide bonds. The molecule has 1 aromatic carbocycles. The number of likely N-dealkylation sites (tertiary alicyclic amines) is 1. The number of ether oxygens (including phenoxy) is 2. The van der Waals surface area contributed by atoms with E-state index in [1.807, 2.05) is 4.90 Å². The standard InChI is InChI=1S/C20H19F6N5O2/c1-30-9-11(21)7-12(10-30)27-19-29-28-17(15-3-2-6-31(15)19)14-5-4-13(33-20(24,25)26)8-16(14)32-18(22)23/h2-6,8,11-12,18H,7,9-10H2,1H3,(H,27,29)/t11-,12-/m1/s1. The number of anilines is 1. The fourth-order valence-corrected chi connectivity index (χ4v) is 3.87. The number of alkyl halides is 6. The van der Waals surface area contributed by atoms with Crippen LogP contribution in [0.2, 0.25) is 0 Å². The highest BCUT2D eigenvalue weighted by Gasteiger charge is 2.32. The summed E-state index contributed by atoms with van der Waals surface area (Å²) in [5.74, 6) is -0.972. The van der Waals surface area contributed by atoms with E-state index in [-0.39, 0.29) is 23.7 Å². The van der Waals surface area contributed by atoms with Crippen LogP contribution in [0.1, 0.15) is 6.42 Å². The Bertz CT molecular complexity index is 1110. The summed E-state index contributed by atoms with van der Waals surface area (Å²) in [5, 5.41) is 11.3. The number of aromatic nitrogens is 3. The first-order valence-corrected chi connectivity index (χ1v) is 9.87. The van der Waals surface area contributed by atoms with E-state index in [0.717, 1.165) is 12.1 Å². The number of hydrogen-bond acceptors (Lipinski definition) is 6. The second-order valence-electron chi connectivity index (χ2n) is 7.62. The van der Waals surface area contributed by atoms with Gasteiger partial charge in [-0.2, -0.15) is 8.78 Å². The molecule has 1 saturated heterocycles. The topological polar surface area (TPSA) is 63.9 Å². The summed E-state index contributed by atoms with van der Waals surface area (Å²) in [6, 6.07) is 5.86. The Balaban J connectivity index is 1.70. The molecule has 0 radical (unpaired) electrons. The summed E-state index contributed by atoms with van der Waals surface area (Å²) in [6.45, 7) is -2.37. The molecule has 1 N–H and O–H groups in total. The Kier molecular flexibility index (Phi) is 6.23. The highest BCUT2D eigenvalue weighted by Crippen LogP contribution is 2.37. The van der Waals surface area contributed by atoms with Crippen LogP contribution in [0.3, 0.4) is 0 Å². The number of nitrogens with one attached hydrogen (secondary N) is 1. The molecule has 1 fully saturated rings. The molecule has 0 aliphatic carbocycles. The van der Waals surface area contributed by atoms with Crippen molar-refractivity contribution in [1.29, 1.82) is 0 Å². The maximum absolute atomic E-state index is 13.9. The molecular weight excluding hydrogens is 456 g/mol. The van der Waals surface area contributed by atoms with E-state index in [4.69, 9.17) is 0 Å². The largest absolute Gasteiger partial charge is 0.573 e. The average molecular weight is 475 g/mol. The number of hydrogen-bond donors (Lipinski definition) is 1. The van der Waals surface area contributed by atoms with Crippen LogP contribution in [-0.2, 0) is 0 Å². The molecule has 3 aromatic rings. The molecule has 3 heterocycles. The van der Waals surface area contributed by atoms with E-state index in [0.29, 0.717) is 30.6 Å². The second-order valence-corrected chi connectivity index (χ2v) is 7.62. The first-order chi connectivity index (χ1) is 15.6. The SMILES string of the molecule is CN1C[C@H](F)C[C@@H](Nc2nnc(-c3ccc(OC(F)(F)F)cc3OC(F)F)c3cccn23)C1. The van der Waals surface area contributed by atoms with Gasteiger partial charge in [0.2, 0.25) is 5.95 Å². The van der Waals surface area contributed by atoms with Crippen LogP contribution < -0.4 is 14.8 Å². The maximum Gasteiger partial charge on any atom is 0.573 e. The van der Waals surface area contributed by atoms with Crippen molar-refractivity contribution < 1.29 is 35.8 Å². The number of piperidine rings is 1. The van der Waals surface area contributed by atoms with E-state index in [2.05, 4.69) is 25.0 Å². The van der Waals surface area contributed by atoms with E-state index in [1.165, 1.54) is 0 Å². The third-order valence-corrected chi connectivity index (χ3v) is 5.04. The van der Waals surface area contributed by atoms with Crippen molar-refractivity contribution in [2.24, 2.45) is 0 Å². The average Bonchev–Trinajstić information content (AvgIpc) is 3.17. The molecule has 0 unspecified atom stereocenters. The molecule has 2 atom stereocenters. The minimum atomic E-state index is -5.00. The molecular formula is C20H19F6N5O2. The quantitative estimate of drug-likeness (QED) is 0.535. The summed E-state index contributed by atoms with van der Waals surface area (Å²) in [6.07, 6.45) is -4.08. The van der Waals surface area contributed by atoms with Crippen LogP contribution in [0.15, 0.2) is 36.5 Å². The van der Waals surface area contributed by atoms with Gasteiger partial charge >= 0.3 is 13.0 Å². The van der Waals surface area contributed by atoms with Gasteiger partial charge in [0, 0.05) is 43.4 Å². The lowest BCUT2D eigenvalue weighted by Gasteiger charge is -2.32. The van der Waals surface area contributed by atoms with Gasteiger partial charge in [-0.1, -0.05) is 0 Å². The number of halogens is 6. The summed E-state index contributed by atoms with van der Waals surface area (Å²) in [5.41, 5.74) is 0.523. The van der Waals surface area contributed by atoms with Gasteiger partial charge in [0.05, 0.1) is 5.52 Å². The van der Waals surface area contributed by atoms with E-state index >= 15 is 0 Å². The molecule has 2 aromatic heterocycles. The molecule has 7 nitrogen and oxygen atoms in total. The van der Waals surface area contributed by atoms with Gasteiger partial charge in [0.25, 0.3) is 0 Å². The molecule has 13 heteroatoms. The van der Waals surface area contributed by atoms with Crippen molar-refractivity contribution in [3.8, 4) is 22.8 Å². The van der Waals surface area contributed by atoms with E-state index in [9.17, 15) is 26.3 Å². The van der Waals surface area contributed by atoms with Crippen LogP contribution in [-0.4, -0.2) is 64.8 Å². The van der Waals surface area contributed by atoms with Gasteiger partial charge in [-0.05, 0) is 31.3 Å². The third kappa shape index (κ3) is 5.41. The fourth-order valence-electron chi connectivity index (χ4n) is 3.87. The van der Waals surface area contributed by atoms with E-state index in [1.54, 1.807) is 29.8 Å². The van der Waals surface area contributed by atoms with Crippen molar-refractivity contribution in [2.45, 2.75) is 31.6 Å². The molecule has 33 heavy (non-hydrogen) atoms. The molecule has 0 saturated carbocycles. The van der Waals surface area contributed by atoms with Gasteiger partial charge in [-0.15, -0.1) is 23.4 Å². The number of likely N-dealkylation sites (N-methyl/N-ethyl adjacent to an activating group) is 1. The molecule has 178 valence electrons. The Hall–Kier alpha value is -3.22. The van der Waals surface area contributed by atoms with Gasteiger partial charge < -0.3 is 19.7 Å². The Labute approximate surface area is 183 Å². The zero-order chi connectivity index (χ0) is 23.8. The van der Waals surface area contributed by atoms with Crippen LogP contribution in [0.4, 0.5) is 32.3 Å². The molecule has 1 aliphatic heterocycles. The van der Waals surface area contributed by atoms with Gasteiger partial charge in [0.1, 0.15) is 23.4 Å². The second kappa shape index (κ2) is 8.96. The molecule has 4 rings (SSSR count). The van der Waals surface area contributed by atoms with Crippen LogP contribution in [0.5, 0.6) is 11.5 Å². The van der Waals surface area contributed by atoms with Crippen molar-refractivity contribution in [2.75, 3.05) is 25.5 Å². The van der Waals surface area contributed by atoms with Crippen molar-refractivity contribution in [1.82, 2.24) is 19.5 Å². The van der Waals surface area contributed by atoms with Crippen molar-refractivity contribution in [3.63, 3.8) is 0 Å².